The highest BCUT2D eigenvalue weighted by Gasteiger charge is 2.16. The highest BCUT2D eigenvalue weighted by Crippen LogP contribution is 2.36. The van der Waals surface area contributed by atoms with Crippen LogP contribution >= 0.6 is 0 Å². The van der Waals surface area contributed by atoms with Gasteiger partial charge in [-0.25, -0.2) is 15.0 Å². The van der Waals surface area contributed by atoms with Gasteiger partial charge >= 0.3 is 0 Å². The second-order valence-electron chi connectivity index (χ2n) is 13.3. The van der Waals surface area contributed by atoms with E-state index in [0.717, 1.165) is 44.0 Å². The summed E-state index contributed by atoms with van der Waals surface area (Å²) in [7, 11) is 0. The number of nitrogens with zero attached hydrogens (tertiary/aromatic N) is 3. The van der Waals surface area contributed by atoms with Gasteiger partial charge < -0.3 is 0 Å². The number of rotatable bonds is 5. The fourth-order valence-corrected chi connectivity index (χ4v) is 7.39. The zero-order valence-electron chi connectivity index (χ0n) is 28.2. The van der Waals surface area contributed by atoms with Crippen LogP contribution in [-0.2, 0) is 0 Å². The van der Waals surface area contributed by atoms with E-state index < -0.39 is 0 Å². The minimum absolute atomic E-state index is 0.639. The van der Waals surface area contributed by atoms with Crippen LogP contribution in [0.5, 0.6) is 0 Å². The first-order valence-corrected chi connectivity index (χ1v) is 17.6. The summed E-state index contributed by atoms with van der Waals surface area (Å²) in [5.41, 5.74) is 7.54. The molecule has 1 heterocycles. The van der Waals surface area contributed by atoms with E-state index in [0.29, 0.717) is 17.5 Å². The molecular formula is C49H31N3. The summed E-state index contributed by atoms with van der Waals surface area (Å²) in [5.74, 6) is 1.93. The van der Waals surface area contributed by atoms with Crippen molar-refractivity contribution in [2.75, 3.05) is 0 Å². The molecular weight excluding hydrogens is 631 g/mol. The second kappa shape index (κ2) is 12.4. The van der Waals surface area contributed by atoms with E-state index in [4.69, 9.17) is 15.0 Å². The standard InChI is InChI=1S/C49H31N3/c1-2-10-32(11-3-1)33-20-23-36(24-21-33)47-50-48(41-27-25-39-28-37-13-4-5-14-38(37)29-42(39)30-41)52-49(51-47)45-19-9-16-35-22-26-40(31-46(35)45)44-18-8-15-34-12-6-7-17-43(34)44/h1-31H. The van der Waals surface area contributed by atoms with Gasteiger partial charge in [0.2, 0.25) is 0 Å². The van der Waals surface area contributed by atoms with Crippen molar-refractivity contribution in [2.24, 2.45) is 0 Å². The van der Waals surface area contributed by atoms with Gasteiger partial charge in [-0.2, -0.15) is 0 Å². The zero-order valence-corrected chi connectivity index (χ0v) is 28.2. The molecule has 0 unspecified atom stereocenters. The third kappa shape index (κ3) is 5.37. The Morgan fingerprint density at radius 2 is 0.731 bits per heavy atom. The summed E-state index contributed by atoms with van der Waals surface area (Å²) in [4.78, 5) is 15.5. The summed E-state index contributed by atoms with van der Waals surface area (Å²) < 4.78 is 0. The molecule has 0 fully saturated rings. The Labute approximate surface area is 301 Å². The molecule has 9 aromatic carbocycles. The SMILES string of the molecule is c1ccc(-c2ccc(-c3nc(-c4ccc5cc6ccccc6cc5c4)nc(-c4cccc5ccc(-c6cccc7ccccc67)cc45)n3)cc2)cc1. The van der Waals surface area contributed by atoms with Crippen LogP contribution < -0.4 is 0 Å². The van der Waals surface area contributed by atoms with Crippen molar-refractivity contribution in [1.29, 1.82) is 0 Å². The lowest BCUT2D eigenvalue weighted by atomic mass is 9.94. The Morgan fingerprint density at radius 1 is 0.231 bits per heavy atom. The van der Waals surface area contributed by atoms with Crippen LogP contribution in [0.4, 0.5) is 0 Å². The van der Waals surface area contributed by atoms with Crippen LogP contribution in [-0.4, -0.2) is 15.0 Å². The summed E-state index contributed by atoms with van der Waals surface area (Å²) >= 11 is 0. The Kier molecular flexibility index (Phi) is 7.14. The van der Waals surface area contributed by atoms with Crippen molar-refractivity contribution in [3.05, 3.63) is 188 Å². The first-order chi connectivity index (χ1) is 25.7. The van der Waals surface area contributed by atoms with Crippen LogP contribution in [0, 0.1) is 0 Å². The molecule has 3 nitrogen and oxygen atoms in total. The predicted molar refractivity (Wildman–Crippen MR) is 217 cm³/mol. The van der Waals surface area contributed by atoms with Gasteiger partial charge in [-0.15, -0.1) is 0 Å². The summed E-state index contributed by atoms with van der Waals surface area (Å²) in [6.45, 7) is 0. The van der Waals surface area contributed by atoms with E-state index in [-0.39, 0.29) is 0 Å². The molecule has 10 aromatic rings. The van der Waals surface area contributed by atoms with Gasteiger partial charge in [-0.1, -0.05) is 164 Å². The van der Waals surface area contributed by atoms with Crippen molar-refractivity contribution in [3.8, 4) is 56.4 Å². The average Bonchev–Trinajstić information content (AvgIpc) is 3.22. The maximum Gasteiger partial charge on any atom is 0.164 e. The van der Waals surface area contributed by atoms with Crippen molar-refractivity contribution < 1.29 is 0 Å². The van der Waals surface area contributed by atoms with Gasteiger partial charge in [0.05, 0.1) is 0 Å². The molecule has 0 aliphatic heterocycles. The van der Waals surface area contributed by atoms with E-state index in [1.807, 2.05) is 6.07 Å². The molecule has 0 spiro atoms. The molecule has 52 heavy (non-hydrogen) atoms. The largest absolute Gasteiger partial charge is 0.208 e. The van der Waals surface area contributed by atoms with Gasteiger partial charge in [0, 0.05) is 16.7 Å². The molecule has 10 rings (SSSR count). The fraction of sp³-hybridized carbons (Fsp3) is 0. The fourth-order valence-electron chi connectivity index (χ4n) is 7.39. The van der Waals surface area contributed by atoms with Crippen molar-refractivity contribution in [1.82, 2.24) is 15.0 Å². The molecule has 0 saturated carbocycles. The lowest BCUT2D eigenvalue weighted by Gasteiger charge is -2.13. The molecule has 0 aliphatic carbocycles. The predicted octanol–water partition coefficient (Wildman–Crippen LogP) is 12.8. The minimum atomic E-state index is 0.639. The van der Waals surface area contributed by atoms with Crippen LogP contribution in [0.3, 0.4) is 0 Å². The first-order valence-electron chi connectivity index (χ1n) is 17.6. The number of hydrogen-bond acceptors (Lipinski definition) is 3. The Morgan fingerprint density at radius 3 is 1.52 bits per heavy atom. The molecule has 0 amide bonds. The smallest absolute Gasteiger partial charge is 0.164 e. The van der Waals surface area contributed by atoms with Gasteiger partial charge in [0.15, 0.2) is 17.5 Å². The molecule has 3 heteroatoms. The van der Waals surface area contributed by atoms with Crippen LogP contribution in [0.25, 0.3) is 99.5 Å². The van der Waals surface area contributed by atoms with Crippen molar-refractivity contribution >= 4 is 43.1 Å². The van der Waals surface area contributed by atoms with Crippen molar-refractivity contribution in [3.63, 3.8) is 0 Å². The third-order valence-corrected chi connectivity index (χ3v) is 10.1. The maximum absolute atomic E-state index is 5.21. The van der Waals surface area contributed by atoms with Crippen LogP contribution in [0.2, 0.25) is 0 Å². The molecule has 0 atom stereocenters. The Balaban J connectivity index is 1.16. The second-order valence-corrected chi connectivity index (χ2v) is 13.3. The Hall–Kier alpha value is -6.97. The number of benzene rings is 9. The summed E-state index contributed by atoms with van der Waals surface area (Å²) in [5, 5.41) is 9.46. The lowest BCUT2D eigenvalue weighted by molar-refractivity contribution is 1.08. The van der Waals surface area contributed by atoms with E-state index in [1.54, 1.807) is 0 Å². The maximum atomic E-state index is 5.21. The molecule has 0 aliphatic rings. The number of fused-ring (bicyclic) bond motifs is 4. The van der Waals surface area contributed by atoms with E-state index in [1.165, 1.54) is 38.1 Å². The minimum Gasteiger partial charge on any atom is -0.208 e. The summed E-state index contributed by atoms with van der Waals surface area (Å²) in [6.07, 6.45) is 0. The normalized spacial score (nSPS) is 11.5. The molecule has 0 N–H and O–H groups in total. The van der Waals surface area contributed by atoms with Gasteiger partial charge in [-0.3, -0.25) is 0 Å². The van der Waals surface area contributed by atoms with E-state index in [9.17, 15) is 0 Å². The third-order valence-electron chi connectivity index (χ3n) is 10.1. The van der Waals surface area contributed by atoms with Crippen molar-refractivity contribution in [2.45, 2.75) is 0 Å². The average molecular weight is 662 g/mol. The van der Waals surface area contributed by atoms with Gasteiger partial charge in [0.25, 0.3) is 0 Å². The van der Waals surface area contributed by atoms with Crippen LogP contribution in [0.15, 0.2) is 188 Å². The Bertz CT molecular complexity index is 2940. The molecule has 242 valence electrons. The monoisotopic (exact) mass is 661 g/mol. The highest BCUT2D eigenvalue weighted by molar-refractivity contribution is 6.03. The number of aromatic nitrogens is 3. The molecule has 0 saturated heterocycles. The zero-order chi connectivity index (χ0) is 34.4. The van der Waals surface area contributed by atoms with Gasteiger partial charge in [-0.05, 0) is 89.6 Å². The molecule has 0 radical (unpaired) electrons. The quantitative estimate of drug-likeness (QED) is 0.172. The highest BCUT2D eigenvalue weighted by atomic mass is 15.0. The van der Waals surface area contributed by atoms with E-state index >= 15 is 0 Å². The number of hydrogen-bond donors (Lipinski definition) is 0. The first kappa shape index (κ1) is 29.9. The lowest BCUT2D eigenvalue weighted by Crippen LogP contribution is -2.00. The topological polar surface area (TPSA) is 38.7 Å². The van der Waals surface area contributed by atoms with E-state index in [2.05, 4.69) is 182 Å². The van der Waals surface area contributed by atoms with Gasteiger partial charge in [0.1, 0.15) is 0 Å². The molecule has 1 aromatic heterocycles. The van der Waals surface area contributed by atoms with Crippen LogP contribution in [0.1, 0.15) is 0 Å². The summed E-state index contributed by atoms with van der Waals surface area (Å²) in [6, 6.07) is 66.6. The molecule has 0 bridgehead atoms.